The smallest absolute Gasteiger partial charge is 0.407 e. The summed E-state index contributed by atoms with van der Waals surface area (Å²) in [4.78, 5) is 45.1. The van der Waals surface area contributed by atoms with Crippen LogP contribution in [0.1, 0.15) is 29.1 Å². The van der Waals surface area contributed by atoms with E-state index < -0.39 is 23.2 Å². The topological polar surface area (TPSA) is 127 Å². The zero-order chi connectivity index (χ0) is 17.1. The van der Waals surface area contributed by atoms with Crippen LogP contribution in [0.5, 0.6) is 0 Å². The molecule has 10 heteroatoms. The number of carboxylic acid groups (broad SMARTS) is 1. The van der Waals surface area contributed by atoms with Gasteiger partial charge in [0.05, 0.1) is 18.7 Å². The molecule has 0 aliphatic heterocycles. The number of nitrogens with zero attached hydrogens (tertiary/aromatic N) is 1. The molecule has 2 aromatic heterocycles. The standard InChI is InChI=1S/C13H15N3O6S/c1-6(2)5-22-13(21)14-4-7-3-8(12(19)20)9(23-7)15-16-10(17)11(16)18/h3,6,15H,4-5H2,1-2H3,(H,14,21)(H,19,20). The van der Waals surface area contributed by atoms with E-state index in [0.29, 0.717) is 9.55 Å². The molecule has 124 valence electrons. The van der Waals surface area contributed by atoms with E-state index in [2.05, 4.69) is 10.7 Å². The van der Waals surface area contributed by atoms with Crippen LogP contribution in [0.25, 0.3) is 0 Å². The minimum Gasteiger partial charge on any atom is -0.478 e. The van der Waals surface area contributed by atoms with Crippen LogP contribution < -0.4 is 21.9 Å². The number of ether oxygens (including phenoxy) is 1. The van der Waals surface area contributed by atoms with Crippen molar-refractivity contribution in [3.8, 4) is 0 Å². The second-order valence-corrected chi connectivity index (χ2v) is 6.30. The molecule has 2 rings (SSSR count). The van der Waals surface area contributed by atoms with Crippen molar-refractivity contribution in [2.24, 2.45) is 5.92 Å². The maximum Gasteiger partial charge on any atom is 0.407 e. The number of alkyl carbamates (subject to hydrolysis) is 1. The van der Waals surface area contributed by atoms with Gasteiger partial charge in [0.15, 0.2) is 0 Å². The average Bonchev–Trinajstić information content (AvgIpc) is 2.90. The number of aromatic carboxylic acids is 1. The van der Waals surface area contributed by atoms with E-state index in [9.17, 15) is 19.2 Å². The van der Waals surface area contributed by atoms with Gasteiger partial charge in [0.2, 0.25) is 0 Å². The summed E-state index contributed by atoms with van der Waals surface area (Å²) in [5.41, 5.74) is 0.893. The zero-order valence-corrected chi connectivity index (χ0v) is 13.2. The molecule has 9 nitrogen and oxygen atoms in total. The number of hydrogen-bond donors (Lipinski definition) is 3. The number of carbonyl (C=O) groups excluding carboxylic acids is 1. The van der Waals surface area contributed by atoms with Gasteiger partial charge in [-0.05, 0) is 12.0 Å². The summed E-state index contributed by atoms with van der Waals surface area (Å²) < 4.78 is 5.65. The lowest BCUT2D eigenvalue weighted by molar-refractivity contribution is 0.0698. The van der Waals surface area contributed by atoms with Crippen LogP contribution in [0.4, 0.5) is 9.80 Å². The highest BCUT2D eigenvalue weighted by Gasteiger charge is 2.21. The van der Waals surface area contributed by atoms with Gasteiger partial charge in [-0.1, -0.05) is 13.8 Å². The number of nitrogens with one attached hydrogen (secondary N) is 2. The third-order valence-corrected chi connectivity index (χ3v) is 3.76. The predicted octanol–water partition coefficient (Wildman–Crippen LogP) is 0.601. The Bertz CT molecular complexity index is 773. The minimum absolute atomic E-state index is 0.0748. The van der Waals surface area contributed by atoms with Crippen molar-refractivity contribution in [2.75, 3.05) is 12.0 Å². The van der Waals surface area contributed by atoms with Crippen LogP contribution in [-0.4, -0.2) is 28.5 Å². The second kappa shape index (κ2) is 6.65. The van der Waals surface area contributed by atoms with Crippen molar-refractivity contribution in [2.45, 2.75) is 20.4 Å². The molecule has 0 saturated carbocycles. The Kier molecular flexibility index (Phi) is 4.84. The van der Waals surface area contributed by atoms with E-state index in [1.54, 1.807) is 0 Å². The molecule has 1 amide bonds. The molecule has 0 bridgehead atoms. The summed E-state index contributed by atoms with van der Waals surface area (Å²) in [6, 6.07) is 1.36. The fraction of sp³-hybridized carbons (Fsp3) is 0.385. The first-order valence-corrected chi connectivity index (χ1v) is 7.53. The Balaban J connectivity index is 2.01. The molecule has 0 atom stereocenters. The molecule has 0 spiro atoms. The third kappa shape index (κ3) is 4.19. The number of thiophene rings is 1. The molecule has 0 saturated heterocycles. The SMILES string of the molecule is CC(C)COC(=O)NCc1cc(C(=O)O)c(Nn2c(=O)c2=O)s1. The van der Waals surface area contributed by atoms with Crippen LogP contribution in [0.15, 0.2) is 15.7 Å². The van der Waals surface area contributed by atoms with Crippen LogP contribution in [0.2, 0.25) is 0 Å². The van der Waals surface area contributed by atoms with Gasteiger partial charge in [-0.2, -0.15) is 4.68 Å². The van der Waals surface area contributed by atoms with E-state index in [1.807, 2.05) is 13.8 Å². The predicted molar refractivity (Wildman–Crippen MR) is 82.7 cm³/mol. The van der Waals surface area contributed by atoms with Crippen LogP contribution in [0.3, 0.4) is 0 Å². The van der Waals surface area contributed by atoms with Gasteiger partial charge in [-0.15, -0.1) is 11.3 Å². The molecule has 0 radical (unpaired) electrons. The molecular formula is C13H15N3O6S. The van der Waals surface area contributed by atoms with Gasteiger partial charge in [-0.25, -0.2) is 9.59 Å². The van der Waals surface area contributed by atoms with E-state index in [0.717, 1.165) is 11.3 Å². The molecule has 0 aliphatic rings. The van der Waals surface area contributed by atoms with Crippen molar-refractivity contribution in [1.29, 1.82) is 0 Å². The highest BCUT2D eigenvalue weighted by molar-refractivity contribution is 7.16. The quantitative estimate of drug-likeness (QED) is 0.629. The van der Waals surface area contributed by atoms with Gasteiger partial charge >= 0.3 is 23.2 Å². The number of anilines is 1. The first-order chi connectivity index (χ1) is 10.8. The van der Waals surface area contributed by atoms with Crippen LogP contribution >= 0.6 is 11.3 Å². The first kappa shape index (κ1) is 16.7. The number of aromatic nitrogens is 1. The maximum atomic E-state index is 11.5. The molecule has 0 unspecified atom stereocenters. The molecule has 3 N–H and O–H groups in total. The van der Waals surface area contributed by atoms with Crippen molar-refractivity contribution in [3.63, 3.8) is 0 Å². The monoisotopic (exact) mass is 341 g/mol. The molecule has 0 aliphatic carbocycles. The van der Waals surface area contributed by atoms with Gasteiger partial charge in [0, 0.05) is 4.88 Å². The number of carbonyl (C=O) groups is 2. The molecule has 2 heterocycles. The van der Waals surface area contributed by atoms with Gasteiger partial charge < -0.3 is 15.2 Å². The lowest BCUT2D eigenvalue weighted by Crippen LogP contribution is -2.24. The lowest BCUT2D eigenvalue weighted by atomic mass is 10.2. The van der Waals surface area contributed by atoms with Gasteiger partial charge in [0.25, 0.3) is 0 Å². The average molecular weight is 341 g/mol. The van der Waals surface area contributed by atoms with Gasteiger partial charge in [0.1, 0.15) is 5.00 Å². The van der Waals surface area contributed by atoms with E-state index in [4.69, 9.17) is 9.84 Å². The van der Waals surface area contributed by atoms with E-state index in [-0.39, 0.29) is 29.6 Å². The van der Waals surface area contributed by atoms with E-state index >= 15 is 0 Å². The second-order valence-electron chi connectivity index (χ2n) is 5.16. The van der Waals surface area contributed by atoms with Crippen molar-refractivity contribution in [1.82, 2.24) is 9.99 Å². The largest absolute Gasteiger partial charge is 0.478 e. The van der Waals surface area contributed by atoms with Crippen molar-refractivity contribution >= 4 is 28.4 Å². The molecule has 23 heavy (non-hydrogen) atoms. The molecule has 2 aromatic rings. The number of carboxylic acids is 1. The highest BCUT2D eigenvalue weighted by atomic mass is 32.1. The lowest BCUT2D eigenvalue weighted by Gasteiger charge is -2.07. The van der Waals surface area contributed by atoms with Crippen LogP contribution in [0, 0.1) is 5.92 Å². The summed E-state index contributed by atoms with van der Waals surface area (Å²) in [7, 11) is 0. The molecule has 0 fully saturated rings. The van der Waals surface area contributed by atoms with Crippen molar-refractivity contribution in [3.05, 3.63) is 37.2 Å². The Morgan fingerprint density at radius 1 is 1.35 bits per heavy atom. The Morgan fingerprint density at radius 3 is 2.52 bits per heavy atom. The van der Waals surface area contributed by atoms with Crippen LogP contribution in [-0.2, 0) is 11.3 Å². The normalized spacial score (nSPS) is 10.9. The van der Waals surface area contributed by atoms with Crippen molar-refractivity contribution < 1.29 is 19.4 Å². The Morgan fingerprint density at radius 2 is 2.00 bits per heavy atom. The minimum atomic E-state index is -1.21. The number of hydrogen-bond acceptors (Lipinski definition) is 7. The summed E-state index contributed by atoms with van der Waals surface area (Å²) in [6.45, 7) is 4.16. The van der Waals surface area contributed by atoms with Gasteiger partial charge in [-0.3, -0.25) is 15.0 Å². The summed E-state index contributed by atoms with van der Waals surface area (Å²) >= 11 is 1.02. The Labute approximate surface area is 134 Å². The molecule has 0 aromatic carbocycles. The fourth-order valence-corrected chi connectivity index (χ4v) is 2.54. The Hall–Kier alpha value is -2.62. The number of amides is 1. The number of rotatable bonds is 7. The fourth-order valence-electron chi connectivity index (χ4n) is 1.56. The third-order valence-electron chi connectivity index (χ3n) is 2.72. The zero-order valence-electron chi connectivity index (χ0n) is 12.4. The molecular weight excluding hydrogens is 326 g/mol. The van der Waals surface area contributed by atoms with E-state index in [1.165, 1.54) is 6.07 Å². The maximum absolute atomic E-state index is 11.5. The summed E-state index contributed by atoms with van der Waals surface area (Å²) in [6.07, 6.45) is -0.602. The highest BCUT2D eigenvalue weighted by Crippen LogP contribution is 2.28. The summed E-state index contributed by atoms with van der Waals surface area (Å²) in [5, 5.41) is 11.8. The first-order valence-electron chi connectivity index (χ1n) is 6.71. The summed E-state index contributed by atoms with van der Waals surface area (Å²) in [5.74, 6) is -1.00.